The third-order valence-electron chi connectivity index (χ3n) is 3.72. The standard InChI is InChI=1S/C18H34O4/c1-9-19-17(20-10-2)15(7)13(5)14(6)16(8)18(21-11-3)22-12-4/h17-18H,9-12H2,1-8H3. The molecule has 130 valence electrons. The summed E-state index contributed by atoms with van der Waals surface area (Å²) in [5.41, 5.74) is 4.50. The van der Waals surface area contributed by atoms with Crippen molar-refractivity contribution in [3.63, 3.8) is 0 Å². The molecule has 0 aromatic rings. The molecule has 0 N–H and O–H groups in total. The lowest BCUT2D eigenvalue weighted by Gasteiger charge is -2.23. The molecule has 0 aliphatic rings. The molecule has 4 heteroatoms. The van der Waals surface area contributed by atoms with E-state index in [-0.39, 0.29) is 12.6 Å². The van der Waals surface area contributed by atoms with E-state index in [4.69, 9.17) is 18.9 Å². The summed E-state index contributed by atoms with van der Waals surface area (Å²) in [6, 6.07) is 0. The Labute approximate surface area is 136 Å². The highest BCUT2D eigenvalue weighted by Gasteiger charge is 2.18. The van der Waals surface area contributed by atoms with Gasteiger partial charge in [-0.15, -0.1) is 0 Å². The Hall–Kier alpha value is -0.680. The van der Waals surface area contributed by atoms with Crippen LogP contribution in [-0.2, 0) is 18.9 Å². The Bertz CT molecular complexity index is 323. The molecule has 4 nitrogen and oxygen atoms in total. The second-order valence-corrected chi connectivity index (χ2v) is 5.10. The highest BCUT2D eigenvalue weighted by Crippen LogP contribution is 2.24. The predicted molar refractivity (Wildman–Crippen MR) is 90.8 cm³/mol. The van der Waals surface area contributed by atoms with E-state index in [1.165, 1.54) is 0 Å². The molecule has 0 aromatic heterocycles. The molecule has 0 atom stereocenters. The average molecular weight is 314 g/mol. The summed E-state index contributed by atoms with van der Waals surface area (Å²) in [4.78, 5) is 0. The summed E-state index contributed by atoms with van der Waals surface area (Å²) in [6.45, 7) is 18.7. The van der Waals surface area contributed by atoms with Gasteiger partial charge in [-0.25, -0.2) is 0 Å². The fourth-order valence-corrected chi connectivity index (χ4v) is 2.15. The lowest BCUT2D eigenvalue weighted by Crippen LogP contribution is -2.22. The van der Waals surface area contributed by atoms with Gasteiger partial charge in [-0.1, -0.05) is 0 Å². The lowest BCUT2D eigenvalue weighted by atomic mass is 9.98. The number of ether oxygens (including phenoxy) is 4. The van der Waals surface area contributed by atoms with Crippen LogP contribution in [0.25, 0.3) is 0 Å². The predicted octanol–water partition coefficient (Wildman–Crippen LogP) is 4.46. The quantitative estimate of drug-likeness (QED) is 0.417. The molecule has 0 heterocycles. The first kappa shape index (κ1) is 21.3. The van der Waals surface area contributed by atoms with Gasteiger partial charge in [0.05, 0.1) is 0 Å². The smallest absolute Gasteiger partial charge is 0.180 e. The van der Waals surface area contributed by atoms with E-state index in [1.54, 1.807) is 0 Å². The van der Waals surface area contributed by atoms with Crippen LogP contribution in [0.5, 0.6) is 0 Å². The van der Waals surface area contributed by atoms with Crippen molar-refractivity contribution in [2.24, 2.45) is 0 Å². The highest BCUT2D eigenvalue weighted by atomic mass is 16.7. The molecule has 0 aliphatic heterocycles. The van der Waals surface area contributed by atoms with Gasteiger partial charge >= 0.3 is 0 Å². The maximum Gasteiger partial charge on any atom is 0.180 e. The molecule has 0 saturated carbocycles. The molecule has 0 unspecified atom stereocenters. The summed E-state index contributed by atoms with van der Waals surface area (Å²) < 4.78 is 22.7. The van der Waals surface area contributed by atoms with Crippen molar-refractivity contribution in [2.75, 3.05) is 26.4 Å². The van der Waals surface area contributed by atoms with Crippen LogP contribution >= 0.6 is 0 Å². The molecular formula is C18H34O4. The molecule has 0 aliphatic carbocycles. The molecule has 0 rings (SSSR count). The van der Waals surface area contributed by atoms with Crippen molar-refractivity contribution >= 4 is 0 Å². The van der Waals surface area contributed by atoms with Crippen LogP contribution in [0.1, 0.15) is 55.4 Å². The van der Waals surface area contributed by atoms with Crippen molar-refractivity contribution in [3.05, 3.63) is 22.3 Å². The summed E-state index contributed by atoms with van der Waals surface area (Å²) >= 11 is 0. The summed E-state index contributed by atoms with van der Waals surface area (Å²) in [5.74, 6) is 0. The first-order valence-corrected chi connectivity index (χ1v) is 8.25. The Kier molecular flexibility index (Phi) is 11.5. The van der Waals surface area contributed by atoms with Crippen molar-refractivity contribution in [2.45, 2.75) is 68.0 Å². The third kappa shape index (κ3) is 6.61. The molecule has 0 bridgehead atoms. The fourth-order valence-electron chi connectivity index (χ4n) is 2.15. The van der Waals surface area contributed by atoms with Crippen molar-refractivity contribution in [3.8, 4) is 0 Å². The molecule has 0 saturated heterocycles. The molecule has 22 heavy (non-hydrogen) atoms. The van der Waals surface area contributed by atoms with Gasteiger partial charge < -0.3 is 18.9 Å². The lowest BCUT2D eigenvalue weighted by molar-refractivity contribution is -0.113. The van der Waals surface area contributed by atoms with Gasteiger partial charge in [-0.3, -0.25) is 0 Å². The molecule has 0 radical (unpaired) electrons. The minimum atomic E-state index is -0.296. The molecule has 0 aromatic carbocycles. The monoisotopic (exact) mass is 314 g/mol. The number of rotatable bonds is 11. The van der Waals surface area contributed by atoms with Crippen LogP contribution in [0.15, 0.2) is 22.3 Å². The van der Waals surface area contributed by atoms with E-state index in [9.17, 15) is 0 Å². The van der Waals surface area contributed by atoms with E-state index >= 15 is 0 Å². The van der Waals surface area contributed by atoms with Crippen molar-refractivity contribution in [1.82, 2.24) is 0 Å². The zero-order valence-electron chi connectivity index (χ0n) is 15.6. The highest BCUT2D eigenvalue weighted by molar-refractivity contribution is 5.36. The van der Waals surface area contributed by atoms with Gasteiger partial charge in [0.15, 0.2) is 12.6 Å². The summed E-state index contributed by atoms with van der Waals surface area (Å²) in [6.07, 6.45) is -0.592. The van der Waals surface area contributed by atoms with Crippen LogP contribution in [0, 0.1) is 0 Å². The van der Waals surface area contributed by atoms with Crippen LogP contribution in [0.4, 0.5) is 0 Å². The fraction of sp³-hybridized carbons (Fsp3) is 0.778. The SMILES string of the molecule is CCOC(OCC)C(C)=C(C)C(C)=C(C)C(OCC)OCC. The second kappa shape index (κ2) is 11.8. The van der Waals surface area contributed by atoms with Gasteiger partial charge in [-0.05, 0) is 77.7 Å². The van der Waals surface area contributed by atoms with Gasteiger partial charge in [0, 0.05) is 26.4 Å². The van der Waals surface area contributed by atoms with Crippen molar-refractivity contribution in [1.29, 1.82) is 0 Å². The van der Waals surface area contributed by atoms with Gasteiger partial charge in [0.1, 0.15) is 0 Å². The van der Waals surface area contributed by atoms with E-state index in [0.717, 1.165) is 22.3 Å². The Morgan fingerprint density at radius 3 is 0.955 bits per heavy atom. The van der Waals surface area contributed by atoms with E-state index in [1.807, 2.05) is 27.7 Å². The molecule has 0 amide bonds. The topological polar surface area (TPSA) is 36.9 Å². The third-order valence-corrected chi connectivity index (χ3v) is 3.72. The van der Waals surface area contributed by atoms with E-state index in [0.29, 0.717) is 26.4 Å². The Morgan fingerprint density at radius 1 is 0.545 bits per heavy atom. The van der Waals surface area contributed by atoms with Crippen molar-refractivity contribution < 1.29 is 18.9 Å². The van der Waals surface area contributed by atoms with E-state index < -0.39 is 0 Å². The summed E-state index contributed by atoms with van der Waals surface area (Å²) in [7, 11) is 0. The second-order valence-electron chi connectivity index (χ2n) is 5.10. The Morgan fingerprint density at radius 2 is 0.773 bits per heavy atom. The molecule has 0 spiro atoms. The van der Waals surface area contributed by atoms with E-state index in [2.05, 4.69) is 27.7 Å². The zero-order valence-corrected chi connectivity index (χ0v) is 15.6. The molecule has 0 fully saturated rings. The van der Waals surface area contributed by atoms with Gasteiger partial charge in [-0.2, -0.15) is 0 Å². The number of hydrogen-bond acceptors (Lipinski definition) is 4. The average Bonchev–Trinajstić information content (AvgIpc) is 2.51. The zero-order chi connectivity index (χ0) is 17.1. The summed E-state index contributed by atoms with van der Waals surface area (Å²) in [5, 5.41) is 0. The Balaban J connectivity index is 5.44. The first-order chi connectivity index (χ1) is 10.4. The maximum absolute atomic E-state index is 5.69. The van der Waals surface area contributed by atoms with Crippen LogP contribution in [0.3, 0.4) is 0 Å². The minimum absolute atomic E-state index is 0.296. The number of hydrogen-bond donors (Lipinski definition) is 0. The van der Waals surface area contributed by atoms with Crippen LogP contribution in [0.2, 0.25) is 0 Å². The molecular weight excluding hydrogens is 280 g/mol. The first-order valence-electron chi connectivity index (χ1n) is 8.25. The van der Waals surface area contributed by atoms with Gasteiger partial charge in [0.2, 0.25) is 0 Å². The van der Waals surface area contributed by atoms with Gasteiger partial charge in [0.25, 0.3) is 0 Å². The van der Waals surface area contributed by atoms with Crippen LogP contribution < -0.4 is 0 Å². The normalized spacial score (nSPS) is 14.5. The van der Waals surface area contributed by atoms with Crippen LogP contribution in [-0.4, -0.2) is 39.0 Å². The largest absolute Gasteiger partial charge is 0.349 e. The maximum atomic E-state index is 5.69. The minimum Gasteiger partial charge on any atom is -0.349 e. The number of allylic oxidation sites excluding steroid dienone is 2.